The number of nitrogens with zero attached hydrogens (tertiary/aromatic N) is 1. The fraction of sp³-hybridized carbons (Fsp3) is 0.533. The highest BCUT2D eigenvalue weighted by molar-refractivity contribution is 5.96. The van der Waals surface area contributed by atoms with Crippen molar-refractivity contribution in [2.75, 3.05) is 11.9 Å². The van der Waals surface area contributed by atoms with Crippen LogP contribution in [0.4, 0.5) is 5.69 Å². The number of hydroxylamine groups is 1. The summed E-state index contributed by atoms with van der Waals surface area (Å²) in [5, 5.41) is 0. The smallest absolute Gasteiger partial charge is 0.228 e. The lowest BCUT2D eigenvalue weighted by molar-refractivity contribution is -0.121. The van der Waals surface area contributed by atoms with Crippen LogP contribution in [-0.4, -0.2) is 19.1 Å². The molecule has 19 heavy (non-hydrogen) atoms. The molecule has 1 aliphatic carbocycles. The van der Waals surface area contributed by atoms with Crippen LogP contribution in [0, 0.1) is 0 Å². The first-order valence-corrected chi connectivity index (χ1v) is 7.02. The molecule has 1 aromatic rings. The number of carbonyl (C=O) groups excluding carboxylic acids is 1. The number of benzene rings is 1. The molecule has 0 bridgehead atoms. The minimum absolute atomic E-state index is 0.0273. The molecule has 2 aliphatic rings. The predicted molar refractivity (Wildman–Crippen MR) is 73.7 cm³/mol. The Morgan fingerprint density at radius 3 is 2.79 bits per heavy atom. The second-order valence-electron chi connectivity index (χ2n) is 5.41. The molecule has 1 heterocycles. The number of nitrogens with one attached hydrogen (secondary N) is 1. The van der Waals surface area contributed by atoms with Crippen LogP contribution < -0.4 is 10.4 Å². The molecule has 3 rings (SSSR count). The van der Waals surface area contributed by atoms with Gasteiger partial charge in [-0.05, 0) is 24.5 Å². The summed E-state index contributed by atoms with van der Waals surface area (Å²) in [5.74, 6) is 0.131. The molecule has 0 aromatic heterocycles. The molecule has 0 radical (unpaired) electrons. The highest BCUT2D eigenvalue weighted by atomic mass is 16.7. The van der Waals surface area contributed by atoms with E-state index in [4.69, 9.17) is 4.84 Å². The minimum Gasteiger partial charge on any atom is -0.315 e. The van der Waals surface area contributed by atoms with E-state index in [1.165, 1.54) is 12.8 Å². The zero-order chi connectivity index (χ0) is 13.2. The molecule has 1 fully saturated rings. The Hall–Kier alpha value is -1.39. The predicted octanol–water partition coefficient (Wildman–Crippen LogP) is 2.56. The molecule has 1 aromatic carbocycles. The van der Waals surface area contributed by atoms with Crippen LogP contribution in [0.2, 0.25) is 0 Å². The summed E-state index contributed by atoms with van der Waals surface area (Å²) in [5.41, 5.74) is 5.24. The summed E-state index contributed by atoms with van der Waals surface area (Å²) in [6.07, 6.45) is 5.50. The van der Waals surface area contributed by atoms with Gasteiger partial charge in [-0.1, -0.05) is 31.0 Å². The summed E-state index contributed by atoms with van der Waals surface area (Å²) in [6, 6.07) is 7.99. The molecule has 4 heteroatoms. The monoisotopic (exact) mass is 260 g/mol. The van der Waals surface area contributed by atoms with Gasteiger partial charge < -0.3 is 4.90 Å². The van der Waals surface area contributed by atoms with Crippen molar-refractivity contribution in [2.24, 2.45) is 0 Å². The van der Waals surface area contributed by atoms with Gasteiger partial charge in [0.15, 0.2) is 0 Å². The van der Waals surface area contributed by atoms with Crippen LogP contribution in [0.1, 0.15) is 43.7 Å². The Kier molecular flexibility index (Phi) is 3.53. The van der Waals surface area contributed by atoms with Gasteiger partial charge >= 0.3 is 0 Å². The van der Waals surface area contributed by atoms with E-state index in [2.05, 4.69) is 11.5 Å². The van der Waals surface area contributed by atoms with E-state index in [0.717, 1.165) is 24.1 Å². The third-order valence-corrected chi connectivity index (χ3v) is 4.11. The summed E-state index contributed by atoms with van der Waals surface area (Å²) in [6.45, 7) is 0. The average Bonchev–Trinajstić information content (AvgIpc) is 2.95. The van der Waals surface area contributed by atoms with Gasteiger partial charge in [0.2, 0.25) is 5.91 Å². The Labute approximate surface area is 113 Å². The van der Waals surface area contributed by atoms with Crippen LogP contribution in [0.15, 0.2) is 24.3 Å². The highest BCUT2D eigenvalue weighted by Gasteiger charge is 2.29. The molecule has 0 spiro atoms. The van der Waals surface area contributed by atoms with Gasteiger partial charge in [0.1, 0.15) is 0 Å². The van der Waals surface area contributed by atoms with Gasteiger partial charge in [-0.15, -0.1) is 0 Å². The van der Waals surface area contributed by atoms with E-state index < -0.39 is 0 Å². The molecule has 4 nitrogen and oxygen atoms in total. The Bertz CT molecular complexity index is 469. The van der Waals surface area contributed by atoms with Crippen molar-refractivity contribution in [1.82, 2.24) is 5.48 Å². The first-order valence-electron chi connectivity index (χ1n) is 7.02. The van der Waals surface area contributed by atoms with Crippen molar-refractivity contribution in [3.8, 4) is 0 Å². The number of hydrogen-bond donors (Lipinski definition) is 1. The molecule has 102 valence electrons. The van der Waals surface area contributed by atoms with Crippen LogP contribution in [0.25, 0.3) is 0 Å². The maximum absolute atomic E-state index is 12.0. The topological polar surface area (TPSA) is 41.6 Å². The number of carbonyl (C=O) groups is 1. The average molecular weight is 260 g/mol. The van der Waals surface area contributed by atoms with Crippen LogP contribution in [-0.2, 0) is 9.63 Å². The third-order valence-electron chi connectivity index (χ3n) is 4.11. The molecule has 1 unspecified atom stereocenters. The fourth-order valence-electron chi connectivity index (χ4n) is 2.93. The second kappa shape index (κ2) is 5.31. The molecule has 1 amide bonds. The van der Waals surface area contributed by atoms with Crippen LogP contribution in [0.5, 0.6) is 0 Å². The van der Waals surface area contributed by atoms with E-state index >= 15 is 0 Å². The van der Waals surface area contributed by atoms with Crippen molar-refractivity contribution in [1.29, 1.82) is 0 Å². The maximum atomic E-state index is 12.0. The summed E-state index contributed by atoms with van der Waals surface area (Å²) < 4.78 is 0. The van der Waals surface area contributed by atoms with Crippen molar-refractivity contribution < 1.29 is 9.63 Å². The van der Waals surface area contributed by atoms with Gasteiger partial charge in [-0.25, -0.2) is 0 Å². The van der Waals surface area contributed by atoms with E-state index in [0.29, 0.717) is 12.5 Å². The van der Waals surface area contributed by atoms with Crippen molar-refractivity contribution in [2.45, 2.75) is 44.2 Å². The normalized spacial score (nSPS) is 23.7. The lowest BCUT2D eigenvalue weighted by atomic mass is 9.97. The van der Waals surface area contributed by atoms with E-state index in [-0.39, 0.29) is 11.9 Å². The van der Waals surface area contributed by atoms with Gasteiger partial charge in [-0.2, -0.15) is 5.48 Å². The fourth-order valence-corrected chi connectivity index (χ4v) is 2.93. The van der Waals surface area contributed by atoms with E-state index in [1.54, 1.807) is 4.90 Å². The molecule has 1 N–H and O–H groups in total. The first-order chi connectivity index (χ1) is 9.25. The lowest BCUT2D eigenvalue weighted by Gasteiger charge is -2.32. The molecular formula is C15H20N2O2. The molecular weight excluding hydrogens is 240 g/mol. The standard InChI is InChI=1S/C15H20N2O2/c1-17-14-9-5-4-8-12(14)13(10-15(17)18)16-19-11-6-2-3-7-11/h4-5,8-9,11,13,16H,2-3,6-7,10H2,1H3. The summed E-state index contributed by atoms with van der Waals surface area (Å²) >= 11 is 0. The zero-order valence-electron chi connectivity index (χ0n) is 11.3. The second-order valence-corrected chi connectivity index (χ2v) is 5.41. The molecule has 1 aliphatic heterocycles. The Balaban J connectivity index is 1.74. The Morgan fingerprint density at radius 2 is 2.00 bits per heavy atom. The van der Waals surface area contributed by atoms with Gasteiger partial charge in [0.25, 0.3) is 0 Å². The van der Waals surface area contributed by atoms with Gasteiger partial charge in [0, 0.05) is 19.2 Å². The van der Waals surface area contributed by atoms with Crippen LogP contribution >= 0.6 is 0 Å². The highest BCUT2D eigenvalue weighted by Crippen LogP contribution is 2.33. The number of fused-ring (bicyclic) bond motifs is 1. The summed E-state index contributed by atoms with van der Waals surface area (Å²) in [4.78, 5) is 19.5. The minimum atomic E-state index is -0.0273. The van der Waals surface area contributed by atoms with Crippen LogP contribution in [0.3, 0.4) is 0 Å². The largest absolute Gasteiger partial charge is 0.315 e. The van der Waals surface area contributed by atoms with E-state index in [1.807, 2.05) is 25.2 Å². The number of anilines is 1. The molecule has 1 atom stereocenters. The van der Waals surface area contributed by atoms with E-state index in [9.17, 15) is 4.79 Å². The van der Waals surface area contributed by atoms with Crippen molar-refractivity contribution in [3.63, 3.8) is 0 Å². The Morgan fingerprint density at radius 1 is 1.26 bits per heavy atom. The van der Waals surface area contributed by atoms with Gasteiger partial charge in [0.05, 0.1) is 12.1 Å². The third kappa shape index (κ3) is 2.51. The van der Waals surface area contributed by atoms with Crippen molar-refractivity contribution >= 4 is 11.6 Å². The quantitative estimate of drug-likeness (QED) is 0.849. The lowest BCUT2D eigenvalue weighted by Crippen LogP contribution is -2.38. The molecule has 1 saturated carbocycles. The maximum Gasteiger partial charge on any atom is 0.228 e. The summed E-state index contributed by atoms with van der Waals surface area (Å²) in [7, 11) is 1.83. The van der Waals surface area contributed by atoms with Crippen molar-refractivity contribution in [3.05, 3.63) is 29.8 Å². The number of rotatable bonds is 3. The SMILES string of the molecule is CN1C(=O)CC(NOC2CCCC2)c2ccccc21. The zero-order valence-corrected chi connectivity index (χ0v) is 11.3. The number of amides is 1. The number of hydrogen-bond acceptors (Lipinski definition) is 3. The molecule has 0 saturated heterocycles. The number of para-hydroxylation sites is 1. The van der Waals surface area contributed by atoms with Gasteiger partial charge in [-0.3, -0.25) is 9.63 Å². The first kappa shape index (κ1) is 12.6.